The molecule has 0 aromatic carbocycles. The third kappa shape index (κ3) is 40.7. The highest BCUT2D eigenvalue weighted by Gasteiger charge is 2.48. The van der Waals surface area contributed by atoms with Gasteiger partial charge in [0.2, 0.25) is 5.91 Å². The molecule has 5 aliphatic rings. The minimum atomic E-state index is -2.95. The molecular formula is C63H123N7O19S6. The summed E-state index contributed by atoms with van der Waals surface area (Å²) in [6.45, 7) is 26.4. The highest BCUT2D eigenvalue weighted by molar-refractivity contribution is 7.99. The van der Waals surface area contributed by atoms with Gasteiger partial charge >= 0.3 is 24.1 Å². The SMILES string of the molecule is CC1(C)CC(C(=O)O)CC(C)(C)N1.CN.CSCCC(NC(=O)C1CC(C)(C)N(O)C(C)(C)C1)C(=O)CC1CCS(=O)(=O)CC1.CSCCC(NC(=O)OC(C)(C)C)C(=O)CC1CCS(=O)(=O)CC1.CSCCC(NC(=O)OC(C)(C)C)C(=O)O.NC1CCS(=O)(=O)CC1.O. The average Bonchev–Trinajstić information content (AvgIpc) is 0.784. The molecule has 13 N–H and O–H groups in total. The van der Waals surface area contributed by atoms with Crippen LogP contribution in [0.15, 0.2) is 0 Å². The number of hydrogen-bond donors (Lipinski definition) is 9. The summed E-state index contributed by atoms with van der Waals surface area (Å²) in [4.78, 5) is 83.6. The molecule has 26 nitrogen and oxygen atoms in total. The Bertz CT molecular complexity index is 2670. The van der Waals surface area contributed by atoms with Gasteiger partial charge in [0.1, 0.15) is 46.8 Å². The lowest BCUT2D eigenvalue weighted by Crippen LogP contribution is -2.61. The Balaban J connectivity index is 0. The molecule has 5 aliphatic heterocycles. The largest absolute Gasteiger partial charge is 0.481 e. The molecule has 0 aromatic heterocycles. The Kier molecular flexibility index (Phi) is 41.8. The van der Waals surface area contributed by atoms with Crippen molar-refractivity contribution in [2.24, 2.45) is 35.1 Å². The van der Waals surface area contributed by atoms with Gasteiger partial charge in [-0.05, 0) is 235 Å². The molecule has 3 amide bonds. The maximum absolute atomic E-state index is 13.1. The van der Waals surface area contributed by atoms with Crippen LogP contribution in [0.25, 0.3) is 0 Å². The predicted molar refractivity (Wildman–Crippen MR) is 383 cm³/mol. The number of ketones is 2. The number of amides is 3. The Labute approximate surface area is 581 Å². The number of alkyl carbamates (subject to hydrolysis) is 2. The van der Waals surface area contributed by atoms with E-state index in [0.717, 1.165) is 11.5 Å². The van der Waals surface area contributed by atoms with Crippen molar-refractivity contribution in [2.75, 3.05) is 77.6 Å². The van der Waals surface area contributed by atoms with Gasteiger partial charge in [0.15, 0.2) is 11.6 Å². The van der Waals surface area contributed by atoms with Crippen LogP contribution in [0, 0.1) is 23.7 Å². The van der Waals surface area contributed by atoms with Crippen molar-refractivity contribution in [1.82, 2.24) is 26.3 Å². The molecule has 32 heteroatoms. The second kappa shape index (κ2) is 42.3. The van der Waals surface area contributed by atoms with Gasteiger partial charge < -0.3 is 63.1 Å². The van der Waals surface area contributed by atoms with Gasteiger partial charge in [0.25, 0.3) is 0 Å². The summed E-state index contributed by atoms with van der Waals surface area (Å²) in [6.07, 6.45) is 12.5. The second-order valence-electron chi connectivity index (χ2n) is 29.5. The topological polar surface area (TPSA) is 436 Å². The Morgan fingerprint density at radius 3 is 1.14 bits per heavy atom. The van der Waals surface area contributed by atoms with E-state index in [4.69, 9.17) is 25.4 Å². The van der Waals surface area contributed by atoms with Crippen LogP contribution in [-0.4, -0.2) is 228 Å². The standard InChI is InChI=1S/C21H38N2O5S2.C16H29NO5S2.C10H19NO4S.C10H19NO2.C5H11NO2S.CH5N.H2O/c1-20(2)13-16(14-21(3,4)23(20)26)19(25)22-17(6-9-29-5)18(24)12-15-7-10-30(27,28)11-8-15;1-16(2,3)22-15(19)17-13(5-8-23-4)14(18)11-12-6-9-24(20,21)10-7-12;1-10(2,3)15-9(14)11-7(8(12)13)5-6-16-4;1-9(2)5-7(8(12)13)6-10(3,4)11-9;6-5-1-3-9(7,8)4-2-5;1-2;/h15-17,26H,6-14H2,1-5H3,(H,22,25);12-13H,5-11H2,1-4H3,(H,17,19);7H,5-6H2,1-4H3,(H,11,14)(H,12,13);7,11H,5-6H2,1-4H3,(H,12,13);5H,1-4,6H2;2H2,1H3;1H2. The average molecular weight is 1480 g/mol. The Morgan fingerprint density at radius 1 is 0.537 bits per heavy atom. The molecule has 0 saturated carbocycles. The first-order chi connectivity index (χ1) is 42.9. The van der Waals surface area contributed by atoms with Crippen LogP contribution >= 0.6 is 35.3 Å². The molecular weight excluding hydrogens is 1350 g/mol. The molecule has 3 unspecified atom stereocenters. The first-order valence-corrected chi connectivity index (χ1v) is 42.0. The number of hydrogen-bond acceptors (Lipinski definition) is 23. The summed E-state index contributed by atoms with van der Waals surface area (Å²) in [5.74, 6) is 1.17. The smallest absolute Gasteiger partial charge is 0.408 e. The van der Waals surface area contributed by atoms with Crippen molar-refractivity contribution in [3.63, 3.8) is 0 Å². The summed E-state index contributed by atoms with van der Waals surface area (Å²) in [5.41, 5.74) is 7.56. The molecule has 95 heavy (non-hydrogen) atoms. The first kappa shape index (κ1) is 94.0. The number of carbonyl (C=O) groups is 7. The molecule has 0 aliphatic carbocycles. The highest BCUT2D eigenvalue weighted by atomic mass is 32.2. The number of aliphatic carboxylic acids is 2. The number of sulfone groups is 3. The van der Waals surface area contributed by atoms with E-state index in [1.807, 2.05) is 46.5 Å². The predicted octanol–water partition coefficient (Wildman–Crippen LogP) is 6.70. The number of thioether (sulfide) groups is 3. The zero-order chi connectivity index (χ0) is 73.1. The molecule has 0 aromatic rings. The lowest BCUT2D eigenvalue weighted by Gasteiger charge is -2.51. The molecule has 5 saturated heterocycles. The van der Waals surface area contributed by atoms with Crippen molar-refractivity contribution in [3.05, 3.63) is 0 Å². The summed E-state index contributed by atoms with van der Waals surface area (Å²) < 4.78 is 77.9. The summed E-state index contributed by atoms with van der Waals surface area (Å²) in [5, 5.41) is 41.1. The Morgan fingerprint density at radius 2 is 0.842 bits per heavy atom. The normalized spacial score (nSPS) is 21.6. The van der Waals surface area contributed by atoms with E-state index in [0.29, 0.717) is 102 Å². The second-order valence-corrected chi connectivity index (χ2v) is 39.4. The van der Waals surface area contributed by atoms with Gasteiger partial charge in [-0.25, -0.2) is 39.6 Å². The van der Waals surface area contributed by atoms with Crippen LogP contribution in [0.5, 0.6) is 0 Å². The molecule has 0 radical (unpaired) electrons. The van der Waals surface area contributed by atoms with Gasteiger partial charge in [-0.1, -0.05) is 0 Å². The molecule has 3 atom stereocenters. The number of ether oxygens (including phenoxy) is 2. The fourth-order valence-electron chi connectivity index (χ4n) is 11.8. The zero-order valence-electron chi connectivity index (χ0n) is 60.1. The Hall–Kier alpha value is -3.05. The number of piperidine rings is 2. The number of nitrogens with one attached hydrogen (secondary N) is 4. The first-order valence-electron chi connectivity index (χ1n) is 32.4. The van der Waals surface area contributed by atoms with E-state index in [-0.39, 0.29) is 98.3 Å². The summed E-state index contributed by atoms with van der Waals surface area (Å²) in [6, 6.07) is -1.89. The number of carbonyl (C=O) groups excluding carboxylic acids is 5. The van der Waals surface area contributed by atoms with Crippen molar-refractivity contribution in [1.29, 1.82) is 0 Å². The summed E-state index contributed by atoms with van der Waals surface area (Å²) >= 11 is 4.77. The quantitative estimate of drug-likeness (QED) is 0.0577. The van der Waals surface area contributed by atoms with E-state index in [9.17, 15) is 64.0 Å². The fourth-order valence-corrected chi connectivity index (χ4v) is 17.9. The van der Waals surface area contributed by atoms with Crippen molar-refractivity contribution in [3.8, 4) is 0 Å². The van der Waals surface area contributed by atoms with Crippen LogP contribution < -0.4 is 32.7 Å². The third-order valence-corrected chi connectivity index (χ3v) is 23.2. The number of carboxylic acids is 2. The number of nitrogens with zero attached hydrogens (tertiary/aromatic N) is 1. The monoisotopic (exact) mass is 1470 g/mol. The number of rotatable bonds is 21. The molecule has 560 valence electrons. The van der Waals surface area contributed by atoms with Crippen LogP contribution in [0.3, 0.4) is 0 Å². The molecule has 5 heterocycles. The van der Waals surface area contributed by atoms with E-state index in [2.05, 4.69) is 54.7 Å². The van der Waals surface area contributed by atoms with Crippen LogP contribution in [0.4, 0.5) is 9.59 Å². The van der Waals surface area contributed by atoms with Gasteiger partial charge in [-0.3, -0.25) is 19.2 Å². The zero-order valence-corrected chi connectivity index (χ0v) is 65.0. The lowest BCUT2D eigenvalue weighted by molar-refractivity contribution is -0.249. The molecule has 0 bridgehead atoms. The third-order valence-electron chi connectivity index (χ3n) is 16.1. The maximum Gasteiger partial charge on any atom is 0.408 e. The number of Topliss-reactive ketones (excluding diaryl/α,β-unsaturated/α-hetero) is 2. The van der Waals surface area contributed by atoms with Crippen LogP contribution in [0.2, 0.25) is 0 Å². The van der Waals surface area contributed by atoms with E-state index >= 15 is 0 Å². The van der Waals surface area contributed by atoms with Gasteiger partial charge in [-0.2, -0.15) is 40.3 Å². The van der Waals surface area contributed by atoms with Crippen molar-refractivity contribution < 1.29 is 89.2 Å². The highest BCUT2D eigenvalue weighted by Crippen LogP contribution is 2.40. The molecule has 5 rings (SSSR count). The van der Waals surface area contributed by atoms with Gasteiger partial charge in [0.05, 0.1) is 52.5 Å². The lowest BCUT2D eigenvalue weighted by atomic mass is 9.75. The van der Waals surface area contributed by atoms with Crippen molar-refractivity contribution >= 4 is 106 Å². The van der Waals surface area contributed by atoms with Crippen LogP contribution in [0.1, 0.15) is 193 Å². The molecule has 0 spiro atoms. The van der Waals surface area contributed by atoms with Gasteiger partial charge in [-0.15, -0.1) is 0 Å². The molecule has 5 fully saturated rings. The van der Waals surface area contributed by atoms with E-state index in [1.54, 1.807) is 65.1 Å². The minimum Gasteiger partial charge on any atom is -0.481 e. The van der Waals surface area contributed by atoms with E-state index < -0.39 is 94.0 Å². The summed E-state index contributed by atoms with van der Waals surface area (Å²) in [7, 11) is -7.08. The number of nitrogens with two attached hydrogens (primary N) is 2. The number of hydroxylamine groups is 2. The maximum atomic E-state index is 13.1. The van der Waals surface area contributed by atoms with E-state index in [1.165, 1.54) is 23.9 Å². The van der Waals surface area contributed by atoms with Gasteiger partial charge in [0, 0.05) is 47.0 Å². The van der Waals surface area contributed by atoms with Crippen molar-refractivity contribution in [2.45, 2.75) is 251 Å². The van der Waals surface area contributed by atoms with Crippen LogP contribution in [-0.2, 0) is 63.0 Å². The minimum absolute atomic E-state index is 0. The fraction of sp³-hybridized carbons (Fsp3) is 0.889. The number of carboxylic acid groups (broad SMARTS) is 2.